The van der Waals surface area contributed by atoms with Crippen molar-refractivity contribution in [2.75, 3.05) is 19.6 Å². The fourth-order valence-electron chi connectivity index (χ4n) is 2.02. The summed E-state index contributed by atoms with van der Waals surface area (Å²) in [6, 6.07) is 0. The molecule has 1 saturated heterocycles. The van der Waals surface area contributed by atoms with Crippen LogP contribution in [0.4, 0.5) is 4.39 Å². The van der Waals surface area contributed by atoms with Gasteiger partial charge in [0.25, 0.3) is 0 Å². The molecule has 1 rings (SSSR count). The summed E-state index contributed by atoms with van der Waals surface area (Å²) in [7, 11) is 0. The monoisotopic (exact) mass is 173 g/mol. The van der Waals surface area contributed by atoms with E-state index < -0.39 is 6.17 Å². The summed E-state index contributed by atoms with van der Waals surface area (Å²) in [5.41, 5.74) is 0. The number of rotatable bonds is 2. The highest BCUT2D eigenvalue weighted by atomic mass is 19.1. The largest absolute Gasteiger partial charge is 0.301 e. The maximum absolute atomic E-state index is 13.5. The van der Waals surface area contributed by atoms with E-state index in [2.05, 4.69) is 25.7 Å². The summed E-state index contributed by atoms with van der Waals surface area (Å²) in [6.07, 6.45) is 0.436. The molecular formula is C10H20FN. The second-order valence-corrected chi connectivity index (χ2v) is 4.11. The first kappa shape index (κ1) is 9.97. The Morgan fingerprint density at radius 2 is 2.17 bits per heavy atom. The fraction of sp³-hybridized carbons (Fsp3) is 1.00. The predicted molar refractivity (Wildman–Crippen MR) is 50.0 cm³/mol. The molecule has 0 saturated carbocycles. The van der Waals surface area contributed by atoms with E-state index in [0.717, 1.165) is 19.5 Å². The van der Waals surface area contributed by atoms with Gasteiger partial charge in [0.1, 0.15) is 6.17 Å². The molecule has 2 atom stereocenters. The summed E-state index contributed by atoms with van der Waals surface area (Å²) >= 11 is 0. The molecule has 0 aliphatic carbocycles. The average molecular weight is 173 g/mol. The normalized spacial score (nSPS) is 32.8. The number of likely N-dealkylation sites (tertiary alicyclic amines) is 1. The topological polar surface area (TPSA) is 3.24 Å². The molecule has 1 fully saturated rings. The van der Waals surface area contributed by atoms with Gasteiger partial charge in [-0.25, -0.2) is 4.39 Å². The van der Waals surface area contributed by atoms with Crippen molar-refractivity contribution in [3.05, 3.63) is 0 Å². The molecule has 0 aromatic carbocycles. The number of hydrogen-bond donors (Lipinski definition) is 0. The van der Waals surface area contributed by atoms with Crippen LogP contribution >= 0.6 is 0 Å². The van der Waals surface area contributed by atoms with Crippen LogP contribution in [0.2, 0.25) is 0 Å². The Kier molecular flexibility index (Phi) is 3.51. The lowest BCUT2D eigenvalue weighted by atomic mass is 9.85. The summed E-state index contributed by atoms with van der Waals surface area (Å²) in [5.74, 6) is 0.798. The van der Waals surface area contributed by atoms with E-state index in [4.69, 9.17) is 0 Å². The first-order chi connectivity index (χ1) is 5.65. The van der Waals surface area contributed by atoms with Gasteiger partial charge in [0.15, 0.2) is 0 Å². The van der Waals surface area contributed by atoms with E-state index in [1.54, 1.807) is 0 Å². The maximum Gasteiger partial charge on any atom is 0.116 e. The summed E-state index contributed by atoms with van der Waals surface area (Å²) in [4.78, 5) is 2.20. The molecule has 0 radical (unpaired) electrons. The van der Waals surface area contributed by atoms with Crippen molar-refractivity contribution < 1.29 is 4.39 Å². The zero-order chi connectivity index (χ0) is 9.14. The molecule has 1 aliphatic heterocycles. The molecule has 72 valence electrons. The number of hydrogen-bond acceptors (Lipinski definition) is 1. The molecule has 0 aromatic heterocycles. The fourth-order valence-corrected chi connectivity index (χ4v) is 2.02. The molecule has 0 N–H and O–H groups in total. The van der Waals surface area contributed by atoms with E-state index in [-0.39, 0.29) is 0 Å². The zero-order valence-electron chi connectivity index (χ0n) is 8.39. The van der Waals surface area contributed by atoms with Gasteiger partial charge < -0.3 is 4.90 Å². The molecule has 0 aromatic rings. The minimum atomic E-state index is -0.598. The number of nitrogens with zero attached hydrogens (tertiary/aromatic N) is 1. The lowest BCUT2D eigenvalue weighted by molar-refractivity contribution is 0.0645. The van der Waals surface area contributed by atoms with Crippen molar-refractivity contribution in [1.82, 2.24) is 4.90 Å². The minimum Gasteiger partial charge on any atom is -0.301 e. The van der Waals surface area contributed by atoms with E-state index in [1.165, 1.54) is 0 Å². The summed E-state index contributed by atoms with van der Waals surface area (Å²) < 4.78 is 13.5. The van der Waals surface area contributed by atoms with Crippen LogP contribution in [0.25, 0.3) is 0 Å². The third kappa shape index (κ3) is 2.19. The van der Waals surface area contributed by atoms with E-state index in [9.17, 15) is 4.39 Å². The molecule has 1 nitrogen and oxygen atoms in total. The highest BCUT2D eigenvalue weighted by Gasteiger charge is 2.30. The minimum absolute atomic E-state index is 0.299. The average Bonchev–Trinajstić information content (AvgIpc) is 2.03. The lowest BCUT2D eigenvalue weighted by Gasteiger charge is -2.35. The Hall–Kier alpha value is -0.110. The van der Waals surface area contributed by atoms with Crippen LogP contribution in [-0.2, 0) is 0 Å². The Morgan fingerprint density at radius 1 is 1.50 bits per heavy atom. The third-order valence-corrected chi connectivity index (χ3v) is 2.98. The quantitative estimate of drug-likeness (QED) is 0.619. The second kappa shape index (κ2) is 4.22. The van der Waals surface area contributed by atoms with E-state index in [1.807, 2.05) is 0 Å². The highest BCUT2D eigenvalue weighted by Crippen LogP contribution is 2.26. The second-order valence-electron chi connectivity index (χ2n) is 4.11. The van der Waals surface area contributed by atoms with Gasteiger partial charge >= 0.3 is 0 Å². The highest BCUT2D eigenvalue weighted by molar-refractivity contribution is 4.81. The Morgan fingerprint density at radius 3 is 2.58 bits per heavy atom. The van der Waals surface area contributed by atoms with Crippen LogP contribution < -0.4 is 0 Å². The van der Waals surface area contributed by atoms with Crippen LogP contribution in [-0.4, -0.2) is 30.7 Å². The molecule has 1 heterocycles. The van der Waals surface area contributed by atoms with Crippen LogP contribution in [0.3, 0.4) is 0 Å². The Bertz CT molecular complexity index is 136. The Labute approximate surface area is 74.9 Å². The van der Waals surface area contributed by atoms with Gasteiger partial charge in [0, 0.05) is 6.54 Å². The van der Waals surface area contributed by atoms with Crippen molar-refractivity contribution in [3.63, 3.8) is 0 Å². The van der Waals surface area contributed by atoms with Crippen molar-refractivity contribution in [2.45, 2.75) is 33.4 Å². The third-order valence-electron chi connectivity index (χ3n) is 2.98. The van der Waals surface area contributed by atoms with Gasteiger partial charge in [-0.2, -0.15) is 0 Å². The SMILES string of the molecule is CCN1CC[C@@H](C(C)C)[C@@H](F)C1. The number of piperidine rings is 1. The van der Waals surface area contributed by atoms with Crippen LogP contribution in [0, 0.1) is 11.8 Å². The maximum atomic E-state index is 13.5. The van der Waals surface area contributed by atoms with Crippen LogP contribution in [0.15, 0.2) is 0 Å². The standard InChI is InChI=1S/C10H20FN/c1-4-12-6-5-9(8(2)3)10(11)7-12/h8-10H,4-7H2,1-3H3/t9-,10-/m0/s1. The van der Waals surface area contributed by atoms with Crippen LogP contribution in [0.5, 0.6) is 0 Å². The van der Waals surface area contributed by atoms with Gasteiger partial charge in [0.05, 0.1) is 0 Å². The molecule has 0 spiro atoms. The summed E-state index contributed by atoms with van der Waals surface area (Å²) in [5, 5.41) is 0. The molecule has 2 heteroatoms. The van der Waals surface area contributed by atoms with E-state index >= 15 is 0 Å². The summed E-state index contributed by atoms with van der Waals surface area (Å²) in [6.45, 7) is 9.07. The first-order valence-corrected chi connectivity index (χ1v) is 5.01. The molecule has 0 bridgehead atoms. The molecule has 12 heavy (non-hydrogen) atoms. The smallest absolute Gasteiger partial charge is 0.116 e. The van der Waals surface area contributed by atoms with Gasteiger partial charge in [-0.3, -0.25) is 0 Å². The van der Waals surface area contributed by atoms with Crippen molar-refractivity contribution in [2.24, 2.45) is 11.8 Å². The van der Waals surface area contributed by atoms with Gasteiger partial charge in [-0.15, -0.1) is 0 Å². The van der Waals surface area contributed by atoms with Crippen molar-refractivity contribution >= 4 is 0 Å². The number of alkyl halides is 1. The van der Waals surface area contributed by atoms with Crippen molar-refractivity contribution in [3.8, 4) is 0 Å². The molecule has 0 unspecified atom stereocenters. The van der Waals surface area contributed by atoms with Crippen LogP contribution in [0.1, 0.15) is 27.2 Å². The molecular weight excluding hydrogens is 153 g/mol. The van der Waals surface area contributed by atoms with Crippen molar-refractivity contribution in [1.29, 1.82) is 0 Å². The van der Waals surface area contributed by atoms with E-state index in [0.29, 0.717) is 18.4 Å². The predicted octanol–water partition coefficient (Wildman–Crippen LogP) is 2.32. The lowest BCUT2D eigenvalue weighted by Crippen LogP contribution is -2.43. The molecule has 0 amide bonds. The van der Waals surface area contributed by atoms with Gasteiger partial charge in [-0.05, 0) is 31.3 Å². The van der Waals surface area contributed by atoms with Gasteiger partial charge in [-0.1, -0.05) is 20.8 Å². The zero-order valence-corrected chi connectivity index (χ0v) is 8.39. The first-order valence-electron chi connectivity index (χ1n) is 5.01. The van der Waals surface area contributed by atoms with Gasteiger partial charge in [0.2, 0.25) is 0 Å². The Balaban J connectivity index is 2.42. The molecule has 1 aliphatic rings. The number of halogens is 1.